The van der Waals surface area contributed by atoms with E-state index in [9.17, 15) is 14.0 Å². The van der Waals surface area contributed by atoms with Gasteiger partial charge in [-0.2, -0.15) is 0 Å². The summed E-state index contributed by atoms with van der Waals surface area (Å²) in [6, 6.07) is 3.63. The predicted molar refractivity (Wildman–Crippen MR) is 85.8 cm³/mol. The highest BCUT2D eigenvalue weighted by Gasteiger charge is 2.31. The molecule has 2 rings (SSSR count). The Morgan fingerprint density at radius 2 is 2.09 bits per heavy atom. The lowest BCUT2D eigenvalue weighted by Crippen LogP contribution is -2.35. The van der Waals surface area contributed by atoms with E-state index in [-0.39, 0.29) is 41.5 Å². The van der Waals surface area contributed by atoms with Crippen molar-refractivity contribution in [2.45, 2.75) is 32.4 Å². The molecule has 1 heterocycles. The van der Waals surface area contributed by atoms with Crippen molar-refractivity contribution in [3.8, 4) is 0 Å². The number of carbonyl (C=O) groups excluding carboxylic acids is 2. The number of carbonyl (C=O) groups is 2. The molecule has 0 saturated carbocycles. The van der Waals surface area contributed by atoms with Gasteiger partial charge in [0.1, 0.15) is 5.82 Å². The monoisotopic (exact) mass is 329 g/mol. The fourth-order valence-corrected chi connectivity index (χ4v) is 2.24. The van der Waals surface area contributed by atoms with Gasteiger partial charge in [-0.3, -0.25) is 9.59 Å². The Balaban J connectivity index is 0.00000242. The van der Waals surface area contributed by atoms with Crippen molar-refractivity contribution in [3.63, 3.8) is 0 Å². The van der Waals surface area contributed by atoms with Crippen molar-refractivity contribution in [1.82, 2.24) is 4.90 Å². The molecule has 122 valence electrons. The van der Waals surface area contributed by atoms with Gasteiger partial charge in [-0.05, 0) is 38.5 Å². The lowest BCUT2D eigenvalue weighted by atomic mass is 10.1. The summed E-state index contributed by atoms with van der Waals surface area (Å²) in [5.41, 5.74) is 6.08. The van der Waals surface area contributed by atoms with Gasteiger partial charge in [0.25, 0.3) is 5.91 Å². The van der Waals surface area contributed by atoms with E-state index < -0.39 is 11.9 Å². The van der Waals surface area contributed by atoms with Gasteiger partial charge in [0.05, 0.1) is 11.7 Å². The molecule has 1 aromatic rings. The highest BCUT2D eigenvalue weighted by molar-refractivity contribution is 6.00. The standard InChI is InChI=1S/C15H20FN3O2.ClH/c1-9(2)18(3)14(20)10-4-5-13(11(16)8-10)19-7-6-12(17)15(19)21;/h4-5,8-9,12H,6-7,17H2,1-3H3;1H/t12-;/m0./s1. The maximum atomic E-state index is 14.2. The Kier molecular flexibility index (Phi) is 5.91. The van der Waals surface area contributed by atoms with Crippen LogP contribution in [-0.2, 0) is 4.79 Å². The van der Waals surface area contributed by atoms with Crippen LogP contribution in [0.2, 0.25) is 0 Å². The van der Waals surface area contributed by atoms with Gasteiger partial charge < -0.3 is 15.5 Å². The normalized spacial score (nSPS) is 17.6. The van der Waals surface area contributed by atoms with Crippen molar-refractivity contribution in [2.24, 2.45) is 5.73 Å². The summed E-state index contributed by atoms with van der Waals surface area (Å²) < 4.78 is 14.2. The molecule has 0 aliphatic carbocycles. The van der Waals surface area contributed by atoms with Crippen LogP contribution in [-0.4, -0.2) is 42.4 Å². The highest BCUT2D eigenvalue weighted by Crippen LogP contribution is 2.25. The minimum absolute atomic E-state index is 0. The number of rotatable bonds is 3. The lowest BCUT2D eigenvalue weighted by Gasteiger charge is -2.22. The number of hydrogen-bond donors (Lipinski definition) is 1. The van der Waals surface area contributed by atoms with Crippen LogP contribution in [0.25, 0.3) is 0 Å². The van der Waals surface area contributed by atoms with E-state index in [2.05, 4.69) is 0 Å². The molecule has 0 bridgehead atoms. The van der Waals surface area contributed by atoms with Crippen molar-refractivity contribution in [3.05, 3.63) is 29.6 Å². The van der Waals surface area contributed by atoms with Crippen molar-refractivity contribution >= 4 is 29.9 Å². The Hall–Kier alpha value is -1.66. The summed E-state index contributed by atoms with van der Waals surface area (Å²) >= 11 is 0. The van der Waals surface area contributed by atoms with Gasteiger partial charge in [-0.15, -0.1) is 12.4 Å². The molecular weight excluding hydrogens is 309 g/mol. The number of hydrogen-bond acceptors (Lipinski definition) is 3. The molecular formula is C15H21ClFN3O2. The van der Waals surface area contributed by atoms with Crippen molar-refractivity contribution in [1.29, 1.82) is 0 Å². The van der Waals surface area contributed by atoms with E-state index in [0.29, 0.717) is 13.0 Å². The topological polar surface area (TPSA) is 66.6 Å². The number of nitrogens with zero attached hydrogens (tertiary/aromatic N) is 2. The minimum atomic E-state index is -0.583. The van der Waals surface area contributed by atoms with Gasteiger partial charge >= 0.3 is 0 Å². The first-order valence-corrected chi connectivity index (χ1v) is 6.96. The average molecular weight is 330 g/mol. The first kappa shape index (κ1) is 18.4. The average Bonchev–Trinajstić information content (AvgIpc) is 2.77. The quantitative estimate of drug-likeness (QED) is 0.919. The third kappa shape index (κ3) is 3.39. The molecule has 7 heteroatoms. The van der Waals surface area contributed by atoms with E-state index in [1.807, 2.05) is 13.8 Å². The molecule has 0 aromatic heterocycles. The van der Waals surface area contributed by atoms with Crippen LogP contribution in [0.15, 0.2) is 18.2 Å². The second-order valence-corrected chi connectivity index (χ2v) is 5.56. The maximum Gasteiger partial charge on any atom is 0.253 e. The number of halogens is 2. The molecule has 5 nitrogen and oxygen atoms in total. The largest absolute Gasteiger partial charge is 0.339 e. The third-order valence-electron chi connectivity index (χ3n) is 3.83. The van der Waals surface area contributed by atoms with Gasteiger partial charge in [0, 0.05) is 25.2 Å². The number of amides is 2. The Labute approximate surface area is 135 Å². The summed E-state index contributed by atoms with van der Waals surface area (Å²) in [4.78, 5) is 26.8. The zero-order valence-corrected chi connectivity index (χ0v) is 13.7. The fraction of sp³-hybridized carbons (Fsp3) is 0.467. The molecule has 1 saturated heterocycles. The molecule has 1 aliphatic rings. The summed E-state index contributed by atoms with van der Waals surface area (Å²) in [5, 5.41) is 0. The number of anilines is 1. The van der Waals surface area contributed by atoms with Crippen LogP contribution in [0.5, 0.6) is 0 Å². The van der Waals surface area contributed by atoms with Crippen molar-refractivity contribution in [2.75, 3.05) is 18.5 Å². The molecule has 0 radical (unpaired) electrons. The molecule has 1 fully saturated rings. The van der Waals surface area contributed by atoms with Crippen LogP contribution >= 0.6 is 12.4 Å². The zero-order valence-electron chi connectivity index (χ0n) is 12.9. The summed E-state index contributed by atoms with van der Waals surface area (Å²) in [7, 11) is 1.67. The van der Waals surface area contributed by atoms with Crippen LogP contribution in [0.3, 0.4) is 0 Å². The second-order valence-electron chi connectivity index (χ2n) is 5.56. The molecule has 1 aromatic carbocycles. The molecule has 1 aliphatic heterocycles. The molecule has 2 N–H and O–H groups in total. The molecule has 0 spiro atoms. The lowest BCUT2D eigenvalue weighted by molar-refractivity contribution is -0.118. The Morgan fingerprint density at radius 1 is 1.45 bits per heavy atom. The molecule has 0 unspecified atom stereocenters. The first-order valence-electron chi connectivity index (χ1n) is 6.96. The summed E-state index contributed by atoms with van der Waals surface area (Å²) in [6.45, 7) is 4.16. The van der Waals surface area contributed by atoms with E-state index >= 15 is 0 Å². The highest BCUT2D eigenvalue weighted by atomic mass is 35.5. The van der Waals surface area contributed by atoms with Gasteiger partial charge in [0.2, 0.25) is 5.91 Å². The maximum absolute atomic E-state index is 14.2. The van der Waals surface area contributed by atoms with Gasteiger partial charge in [0.15, 0.2) is 0 Å². The van der Waals surface area contributed by atoms with Crippen molar-refractivity contribution < 1.29 is 14.0 Å². The minimum Gasteiger partial charge on any atom is -0.339 e. The number of benzene rings is 1. The van der Waals surface area contributed by atoms with Crippen LogP contribution in [0.4, 0.5) is 10.1 Å². The number of nitrogens with two attached hydrogens (primary N) is 1. The van der Waals surface area contributed by atoms with Crippen LogP contribution in [0.1, 0.15) is 30.6 Å². The van der Waals surface area contributed by atoms with Gasteiger partial charge in [-0.1, -0.05) is 0 Å². The zero-order chi connectivity index (χ0) is 15.7. The van der Waals surface area contributed by atoms with E-state index in [1.54, 1.807) is 7.05 Å². The first-order chi connectivity index (χ1) is 9.82. The molecule has 1 atom stereocenters. The van der Waals surface area contributed by atoms with Crippen LogP contribution in [0, 0.1) is 5.82 Å². The van der Waals surface area contributed by atoms with E-state index in [0.717, 1.165) is 0 Å². The Morgan fingerprint density at radius 3 is 2.55 bits per heavy atom. The molecule has 2 amide bonds. The third-order valence-corrected chi connectivity index (χ3v) is 3.83. The Bertz CT molecular complexity index is 580. The van der Waals surface area contributed by atoms with Crippen LogP contribution < -0.4 is 10.6 Å². The summed E-state index contributed by atoms with van der Waals surface area (Å²) in [5.74, 6) is -1.12. The smallest absolute Gasteiger partial charge is 0.253 e. The fourth-order valence-electron chi connectivity index (χ4n) is 2.24. The summed E-state index contributed by atoms with van der Waals surface area (Å²) in [6.07, 6.45) is 0.509. The second kappa shape index (κ2) is 7.07. The van der Waals surface area contributed by atoms with E-state index in [1.165, 1.54) is 28.0 Å². The van der Waals surface area contributed by atoms with Gasteiger partial charge in [-0.25, -0.2) is 4.39 Å². The predicted octanol–water partition coefficient (Wildman–Crippen LogP) is 1.79. The SMILES string of the molecule is CC(C)N(C)C(=O)c1ccc(N2CC[C@H](N)C2=O)c(F)c1.Cl. The van der Waals surface area contributed by atoms with E-state index in [4.69, 9.17) is 5.73 Å². The molecule has 22 heavy (non-hydrogen) atoms.